The minimum atomic E-state index is -2.76. The first-order valence-corrected chi connectivity index (χ1v) is 4.04. The van der Waals surface area contributed by atoms with E-state index in [1.807, 2.05) is 0 Å². The van der Waals surface area contributed by atoms with Crippen molar-refractivity contribution in [1.29, 1.82) is 5.26 Å². The molecule has 0 fully saturated rings. The summed E-state index contributed by atoms with van der Waals surface area (Å²) in [6, 6.07) is 2.96. The molecule has 0 aliphatic rings. The lowest BCUT2D eigenvalue weighted by Gasteiger charge is -2.06. The van der Waals surface area contributed by atoms with Crippen molar-refractivity contribution in [1.82, 2.24) is 4.98 Å². The zero-order chi connectivity index (χ0) is 10.7. The second-order valence-corrected chi connectivity index (χ2v) is 2.93. The van der Waals surface area contributed by atoms with Crippen molar-refractivity contribution in [2.24, 2.45) is 0 Å². The van der Waals surface area contributed by atoms with Crippen molar-refractivity contribution in [2.75, 3.05) is 5.73 Å². The summed E-state index contributed by atoms with van der Waals surface area (Å²) >= 11 is 5.65. The Morgan fingerprint density at radius 1 is 1.64 bits per heavy atom. The summed E-state index contributed by atoms with van der Waals surface area (Å²) in [7, 11) is 0. The van der Waals surface area contributed by atoms with Crippen molar-refractivity contribution in [3.63, 3.8) is 0 Å². The second kappa shape index (κ2) is 4.20. The van der Waals surface area contributed by atoms with Gasteiger partial charge in [0.25, 0.3) is 6.43 Å². The molecule has 0 atom stereocenters. The predicted octanol–water partition coefficient (Wildman–Crippen LogP) is 2.32. The van der Waals surface area contributed by atoms with Gasteiger partial charge in [0.1, 0.15) is 5.69 Å². The Labute approximate surface area is 84.1 Å². The lowest BCUT2D eigenvalue weighted by molar-refractivity contribution is 0.147. The molecule has 0 aliphatic carbocycles. The lowest BCUT2D eigenvalue weighted by Crippen LogP contribution is -2.02. The molecule has 0 saturated heterocycles. The van der Waals surface area contributed by atoms with Crippen LogP contribution in [0.1, 0.15) is 17.8 Å². The number of rotatable bonds is 2. The van der Waals surface area contributed by atoms with Crippen LogP contribution in [0.2, 0.25) is 5.02 Å². The molecule has 14 heavy (non-hydrogen) atoms. The Bertz CT molecular complexity index is 387. The zero-order valence-corrected chi connectivity index (χ0v) is 7.72. The van der Waals surface area contributed by atoms with Gasteiger partial charge in [-0.3, -0.25) is 0 Å². The molecule has 3 nitrogen and oxygen atoms in total. The number of nitrogens with two attached hydrogens (primary N) is 1. The number of nitriles is 1. The number of nitrogens with zero attached hydrogens (tertiary/aromatic N) is 2. The summed E-state index contributed by atoms with van der Waals surface area (Å²) in [6.45, 7) is 0. The normalized spacial score (nSPS) is 10.2. The highest BCUT2D eigenvalue weighted by Crippen LogP contribution is 2.27. The maximum atomic E-state index is 12.3. The molecule has 0 saturated carbocycles. The minimum Gasteiger partial charge on any atom is -0.397 e. The molecule has 0 amide bonds. The molecule has 1 heterocycles. The first-order valence-electron chi connectivity index (χ1n) is 3.66. The van der Waals surface area contributed by atoms with Crippen molar-refractivity contribution in [3.8, 4) is 6.07 Å². The van der Waals surface area contributed by atoms with E-state index in [9.17, 15) is 8.78 Å². The molecule has 2 N–H and O–H groups in total. The number of alkyl halides is 2. The van der Waals surface area contributed by atoms with Gasteiger partial charge < -0.3 is 5.73 Å². The summed E-state index contributed by atoms with van der Waals surface area (Å²) in [4.78, 5) is 3.53. The van der Waals surface area contributed by atoms with E-state index in [-0.39, 0.29) is 22.8 Å². The van der Waals surface area contributed by atoms with Crippen molar-refractivity contribution in [3.05, 3.63) is 22.5 Å². The fourth-order valence-corrected chi connectivity index (χ4v) is 1.16. The molecule has 0 bridgehead atoms. The average molecular weight is 218 g/mol. The highest BCUT2D eigenvalue weighted by molar-refractivity contribution is 6.31. The van der Waals surface area contributed by atoms with Gasteiger partial charge in [-0.1, -0.05) is 11.6 Å². The highest BCUT2D eigenvalue weighted by atomic mass is 35.5. The average Bonchev–Trinajstić information content (AvgIpc) is 2.09. The molecule has 1 aromatic heterocycles. The van der Waals surface area contributed by atoms with Gasteiger partial charge in [-0.25, -0.2) is 13.8 Å². The molecular formula is C8H6ClF2N3. The third-order valence-electron chi connectivity index (χ3n) is 1.56. The van der Waals surface area contributed by atoms with Crippen LogP contribution in [-0.4, -0.2) is 4.98 Å². The van der Waals surface area contributed by atoms with Gasteiger partial charge in [0.15, 0.2) is 0 Å². The number of aromatic nitrogens is 1. The van der Waals surface area contributed by atoms with Crippen LogP contribution in [0.4, 0.5) is 14.5 Å². The maximum absolute atomic E-state index is 12.3. The predicted molar refractivity (Wildman–Crippen MR) is 47.9 cm³/mol. The Morgan fingerprint density at radius 2 is 2.29 bits per heavy atom. The van der Waals surface area contributed by atoms with E-state index < -0.39 is 12.1 Å². The first-order chi connectivity index (χ1) is 6.56. The van der Waals surface area contributed by atoms with Crippen LogP contribution in [0.3, 0.4) is 0 Å². The molecule has 6 heteroatoms. The van der Waals surface area contributed by atoms with Crippen LogP contribution >= 0.6 is 11.6 Å². The Balaban J connectivity index is 3.21. The van der Waals surface area contributed by atoms with Crippen LogP contribution in [0.25, 0.3) is 0 Å². The largest absolute Gasteiger partial charge is 0.397 e. The number of halogens is 3. The number of nitrogen functional groups attached to an aromatic ring is 1. The van der Waals surface area contributed by atoms with Crippen LogP contribution < -0.4 is 5.73 Å². The lowest BCUT2D eigenvalue weighted by atomic mass is 10.2. The van der Waals surface area contributed by atoms with Gasteiger partial charge in [-0.2, -0.15) is 5.26 Å². The summed E-state index contributed by atoms with van der Waals surface area (Å²) < 4.78 is 24.6. The topological polar surface area (TPSA) is 62.7 Å². The van der Waals surface area contributed by atoms with E-state index in [2.05, 4.69) is 4.98 Å². The quantitative estimate of drug-likeness (QED) is 0.827. The molecule has 1 rings (SSSR count). The van der Waals surface area contributed by atoms with E-state index in [0.29, 0.717) is 0 Å². The zero-order valence-electron chi connectivity index (χ0n) is 6.97. The van der Waals surface area contributed by atoms with E-state index in [4.69, 9.17) is 22.6 Å². The van der Waals surface area contributed by atoms with Crippen LogP contribution in [0.5, 0.6) is 0 Å². The smallest absolute Gasteiger partial charge is 0.282 e. The third-order valence-corrected chi connectivity index (χ3v) is 1.89. The molecule has 74 valence electrons. The summed E-state index contributed by atoms with van der Waals surface area (Å²) in [5.74, 6) is 0. The van der Waals surface area contributed by atoms with Crippen molar-refractivity contribution < 1.29 is 8.78 Å². The van der Waals surface area contributed by atoms with Crippen LogP contribution in [0.15, 0.2) is 6.07 Å². The molecule has 0 spiro atoms. The van der Waals surface area contributed by atoms with Crippen molar-refractivity contribution in [2.45, 2.75) is 12.8 Å². The molecule has 0 radical (unpaired) electrons. The summed E-state index contributed by atoms with van der Waals surface area (Å²) in [5.41, 5.74) is 4.71. The third kappa shape index (κ3) is 2.09. The Kier molecular flexibility index (Phi) is 3.20. The molecule has 0 unspecified atom stereocenters. The number of pyridine rings is 1. The van der Waals surface area contributed by atoms with Gasteiger partial charge in [0.05, 0.1) is 28.9 Å². The SMILES string of the molecule is N#CCc1nc(C(F)F)c(N)cc1Cl. The second-order valence-electron chi connectivity index (χ2n) is 2.53. The summed E-state index contributed by atoms with van der Waals surface area (Å²) in [5, 5.41) is 8.51. The van der Waals surface area contributed by atoms with Gasteiger partial charge in [0.2, 0.25) is 0 Å². The molecular weight excluding hydrogens is 212 g/mol. The van der Waals surface area contributed by atoms with E-state index >= 15 is 0 Å². The maximum Gasteiger partial charge on any atom is 0.282 e. The number of hydrogen-bond donors (Lipinski definition) is 1. The Morgan fingerprint density at radius 3 is 2.79 bits per heavy atom. The molecule has 0 aliphatic heterocycles. The van der Waals surface area contributed by atoms with Crippen LogP contribution in [0, 0.1) is 11.3 Å². The van der Waals surface area contributed by atoms with E-state index in [1.54, 1.807) is 6.07 Å². The summed E-state index contributed by atoms with van der Waals surface area (Å²) in [6.07, 6.45) is -2.87. The van der Waals surface area contributed by atoms with Crippen LogP contribution in [-0.2, 0) is 6.42 Å². The van der Waals surface area contributed by atoms with Crippen molar-refractivity contribution >= 4 is 17.3 Å². The van der Waals surface area contributed by atoms with Gasteiger partial charge >= 0.3 is 0 Å². The minimum absolute atomic E-state index is 0.112. The van der Waals surface area contributed by atoms with Gasteiger partial charge in [-0.15, -0.1) is 0 Å². The molecule has 0 aromatic carbocycles. The Hall–Kier alpha value is -1.41. The number of hydrogen-bond acceptors (Lipinski definition) is 3. The highest BCUT2D eigenvalue weighted by Gasteiger charge is 2.16. The first kappa shape index (κ1) is 10.7. The monoisotopic (exact) mass is 217 g/mol. The van der Waals surface area contributed by atoms with Gasteiger partial charge in [-0.05, 0) is 6.07 Å². The number of anilines is 1. The van der Waals surface area contributed by atoms with Gasteiger partial charge in [0, 0.05) is 0 Å². The fourth-order valence-electron chi connectivity index (χ4n) is 0.931. The fraction of sp³-hybridized carbons (Fsp3) is 0.250. The van der Waals surface area contributed by atoms with E-state index in [0.717, 1.165) is 0 Å². The van der Waals surface area contributed by atoms with E-state index in [1.165, 1.54) is 6.07 Å². The standard InChI is InChI=1S/C8H6ClF2N3/c9-4-3-5(13)7(8(10)11)14-6(4)1-2-12/h3,8H,1,13H2. The molecule has 1 aromatic rings.